The summed E-state index contributed by atoms with van der Waals surface area (Å²) in [6.07, 6.45) is -2.40. The number of para-hydroxylation sites is 1. The van der Waals surface area contributed by atoms with Crippen LogP contribution in [-0.2, 0) is 15.8 Å². The molecule has 0 saturated heterocycles. The second-order valence-corrected chi connectivity index (χ2v) is 6.61. The molecule has 0 heterocycles. The highest BCUT2D eigenvalue weighted by Crippen LogP contribution is 2.36. The first kappa shape index (κ1) is 20.1. The third-order valence-corrected chi connectivity index (χ3v) is 4.46. The van der Waals surface area contributed by atoms with Gasteiger partial charge >= 0.3 is 12.1 Å². The van der Waals surface area contributed by atoms with Gasteiger partial charge in [-0.25, -0.2) is 0 Å². The third-order valence-electron chi connectivity index (χ3n) is 4.46. The fourth-order valence-electron chi connectivity index (χ4n) is 3.10. The van der Waals surface area contributed by atoms with Gasteiger partial charge in [0.05, 0.1) is 17.5 Å². The van der Waals surface area contributed by atoms with Crippen molar-refractivity contribution in [2.24, 2.45) is 11.8 Å². The number of ether oxygens (including phenoxy) is 1. The second kappa shape index (κ2) is 8.42. The van der Waals surface area contributed by atoms with Crippen LogP contribution >= 0.6 is 0 Å². The number of benzene rings is 1. The van der Waals surface area contributed by atoms with Crippen LogP contribution in [0.3, 0.4) is 0 Å². The van der Waals surface area contributed by atoms with Crippen molar-refractivity contribution in [2.75, 3.05) is 6.61 Å². The van der Waals surface area contributed by atoms with E-state index in [2.05, 4.69) is 5.32 Å². The lowest BCUT2D eigenvalue weighted by molar-refractivity contribution is -0.144. The predicted octanol–water partition coefficient (Wildman–Crippen LogP) is 3.48. The molecule has 1 aliphatic rings. The predicted molar refractivity (Wildman–Crippen MR) is 87.6 cm³/mol. The van der Waals surface area contributed by atoms with Crippen LogP contribution in [0, 0.1) is 11.8 Å². The van der Waals surface area contributed by atoms with Crippen molar-refractivity contribution in [3.8, 4) is 5.75 Å². The number of hydrogen-bond acceptors (Lipinski definition) is 3. The highest BCUT2D eigenvalue weighted by Gasteiger charge is 2.34. The van der Waals surface area contributed by atoms with Crippen molar-refractivity contribution >= 4 is 11.9 Å². The smallest absolute Gasteiger partial charge is 0.419 e. The van der Waals surface area contributed by atoms with E-state index in [0.29, 0.717) is 19.3 Å². The van der Waals surface area contributed by atoms with Crippen molar-refractivity contribution in [1.29, 1.82) is 0 Å². The van der Waals surface area contributed by atoms with Gasteiger partial charge in [0.2, 0.25) is 5.91 Å². The van der Waals surface area contributed by atoms with Gasteiger partial charge in [0.15, 0.2) is 0 Å². The number of rotatable bonds is 6. The molecule has 0 spiro atoms. The minimum absolute atomic E-state index is 0.117. The first-order valence-corrected chi connectivity index (χ1v) is 8.50. The van der Waals surface area contributed by atoms with Crippen LogP contribution in [0.4, 0.5) is 13.2 Å². The SMILES string of the molecule is CC(COc1ccccc1C(F)(F)F)NC(=O)C1CCCC(C(=O)O)C1. The lowest BCUT2D eigenvalue weighted by atomic mass is 9.81. The zero-order valence-corrected chi connectivity index (χ0v) is 14.4. The molecule has 26 heavy (non-hydrogen) atoms. The number of carboxylic acids is 1. The van der Waals surface area contributed by atoms with Crippen LogP contribution in [0.2, 0.25) is 0 Å². The molecule has 1 fully saturated rings. The molecule has 1 saturated carbocycles. The van der Waals surface area contributed by atoms with Crippen molar-refractivity contribution in [1.82, 2.24) is 5.32 Å². The highest BCUT2D eigenvalue weighted by atomic mass is 19.4. The van der Waals surface area contributed by atoms with E-state index in [1.165, 1.54) is 18.2 Å². The number of carbonyl (C=O) groups is 2. The largest absolute Gasteiger partial charge is 0.491 e. The van der Waals surface area contributed by atoms with Crippen molar-refractivity contribution < 1.29 is 32.6 Å². The number of alkyl halides is 3. The second-order valence-electron chi connectivity index (χ2n) is 6.61. The van der Waals surface area contributed by atoms with E-state index in [1.807, 2.05) is 0 Å². The minimum atomic E-state index is -4.52. The van der Waals surface area contributed by atoms with Crippen molar-refractivity contribution in [3.63, 3.8) is 0 Å². The van der Waals surface area contributed by atoms with E-state index in [-0.39, 0.29) is 24.7 Å². The maximum atomic E-state index is 12.9. The van der Waals surface area contributed by atoms with Gasteiger partial charge in [-0.1, -0.05) is 18.6 Å². The third kappa shape index (κ3) is 5.37. The van der Waals surface area contributed by atoms with E-state index in [0.717, 1.165) is 6.07 Å². The normalized spacial score (nSPS) is 21.7. The highest BCUT2D eigenvalue weighted by molar-refractivity contribution is 5.80. The van der Waals surface area contributed by atoms with Crippen LogP contribution in [-0.4, -0.2) is 29.6 Å². The van der Waals surface area contributed by atoms with E-state index >= 15 is 0 Å². The average Bonchev–Trinajstić information content (AvgIpc) is 2.59. The van der Waals surface area contributed by atoms with Gasteiger partial charge in [-0.05, 0) is 38.3 Å². The molecule has 144 valence electrons. The summed E-state index contributed by atoms with van der Waals surface area (Å²) in [4.78, 5) is 23.3. The van der Waals surface area contributed by atoms with E-state index in [9.17, 15) is 22.8 Å². The summed E-state index contributed by atoms with van der Waals surface area (Å²) in [5.74, 6) is -2.39. The van der Waals surface area contributed by atoms with Gasteiger partial charge < -0.3 is 15.2 Å². The number of aliphatic carboxylic acids is 1. The maximum absolute atomic E-state index is 12.9. The molecule has 2 rings (SSSR count). The quantitative estimate of drug-likeness (QED) is 0.801. The van der Waals surface area contributed by atoms with Gasteiger partial charge in [-0.2, -0.15) is 13.2 Å². The Morgan fingerprint density at radius 1 is 1.27 bits per heavy atom. The van der Waals surface area contributed by atoms with Gasteiger partial charge in [0.25, 0.3) is 0 Å². The fourth-order valence-corrected chi connectivity index (χ4v) is 3.10. The first-order chi connectivity index (χ1) is 12.2. The molecule has 1 amide bonds. The molecule has 1 aliphatic carbocycles. The summed E-state index contributed by atoms with van der Waals surface area (Å²) in [5, 5.41) is 11.8. The summed E-state index contributed by atoms with van der Waals surface area (Å²) in [5.41, 5.74) is -0.866. The van der Waals surface area contributed by atoms with Gasteiger partial charge in [0.1, 0.15) is 12.4 Å². The number of halogens is 3. The molecule has 3 atom stereocenters. The molecule has 0 bridgehead atoms. The first-order valence-electron chi connectivity index (χ1n) is 8.50. The Balaban J connectivity index is 1.88. The zero-order chi connectivity index (χ0) is 19.3. The molecular weight excluding hydrogens is 351 g/mol. The summed E-state index contributed by atoms with van der Waals surface area (Å²) in [6.45, 7) is 1.51. The zero-order valence-electron chi connectivity index (χ0n) is 14.4. The monoisotopic (exact) mass is 373 g/mol. The molecule has 0 aromatic heterocycles. The molecule has 2 N–H and O–H groups in total. The average molecular weight is 373 g/mol. The summed E-state index contributed by atoms with van der Waals surface area (Å²) in [7, 11) is 0. The standard InChI is InChI=1S/C18H22F3NO4/c1-11(10-26-15-8-3-2-7-14(15)18(19,20)21)22-16(23)12-5-4-6-13(9-12)17(24)25/h2-3,7-8,11-13H,4-6,9-10H2,1H3,(H,22,23)(H,24,25). The molecule has 0 aliphatic heterocycles. The minimum Gasteiger partial charge on any atom is -0.491 e. The Hall–Kier alpha value is -2.25. The van der Waals surface area contributed by atoms with Crippen LogP contribution in [0.5, 0.6) is 5.75 Å². The van der Waals surface area contributed by atoms with E-state index in [1.54, 1.807) is 6.92 Å². The topological polar surface area (TPSA) is 75.6 Å². The Morgan fingerprint density at radius 3 is 2.58 bits per heavy atom. The van der Waals surface area contributed by atoms with Gasteiger partial charge in [0, 0.05) is 5.92 Å². The summed E-state index contributed by atoms with van der Waals surface area (Å²) >= 11 is 0. The molecule has 3 unspecified atom stereocenters. The van der Waals surface area contributed by atoms with Crippen LogP contribution in [0.25, 0.3) is 0 Å². The number of nitrogens with one attached hydrogen (secondary N) is 1. The molecule has 1 aromatic rings. The van der Waals surface area contributed by atoms with E-state index in [4.69, 9.17) is 9.84 Å². The van der Waals surface area contributed by atoms with Crippen molar-refractivity contribution in [2.45, 2.75) is 44.8 Å². The molecule has 1 aromatic carbocycles. The summed E-state index contributed by atoms with van der Waals surface area (Å²) in [6, 6.07) is 4.39. The van der Waals surface area contributed by atoms with Gasteiger partial charge in [-0.15, -0.1) is 0 Å². The Labute approximate surface area is 149 Å². The number of hydrogen-bond donors (Lipinski definition) is 2. The Morgan fingerprint density at radius 2 is 1.92 bits per heavy atom. The Kier molecular flexibility index (Phi) is 6.50. The van der Waals surface area contributed by atoms with Crippen LogP contribution < -0.4 is 10.1 Å². The lowest BCUT2D eigenvalue weighted by Crippen LogP contribution is -2.42. The molecule has 5 nitrogen and oxygen atoms in total. The number of carboxylic acid groups (broad SMARTS) is 1. The van der Waals surface area contributed by atoms with Crippen LogP contribution in [0.15, 0.2) is 24.3 Å². The number of carbonyl (C=O) groups excluding carboxylic acids is 1. The van der Waals surface area contributed by atoms with Crippen LogP contribution in [0.1, 0.15) is 38.2 Å². The maximum Gasteiger partial charge on any atom is 0.419 e. The van der Waals surface area contributed by atoms with Gasteiger partial charge in [-0.3, -0.25) is 9.59 Å². The molecule has 8 heteroatoms. The number of amides is 1. The molecule has 0 radical (unpaired) electrons. The summed E-state index contributed by atoms with van der Waals surface area (Å²) < 4.78 is 44.0. The van der Waals surface area contributed by atoms with E-state index < -0.39 is 35.6 Å². The Bertz CT molecular complexity index is 648. The fraction of sp³-hybridized carbons (Fsp3) is 0.556. The lowest BCUT2D eigenvalue weighted by Gasteiger charge is -2.27. The van der Waals surface area contributed by atoms with Crippen molar-refractivity contribution in [3.05, 3.63) is 29.8 Å². The molecular formula is C18H22F3NO4.